The number of ether oxygens (including phenoxy) is 2. The molecule has 0 saturated heterocycles. The number of rotatable bonds is 4. The van der Waals surface area contributed by atoms with Crippen molar-refractivity contribution in [3.8, 4) is 0 Å². The van der Waals surface area contributed by atoms with Crippen molar-refractivity contribution in [2.75, 3.05) is 7.11 Å². The Hall–Kier alpha value is -2.62. The van der Waals surface area contributed by atoms with Crippen molar-refractivity contribution >= 4 is 11.9 Å². The van der Waals surface area contributed by atoms with Gasteiger partial charge in [-0.1, -0.05) is 60.7 Å². The zero-order chi connectivity index (χ0) is 14.4. The highest BCUT2D eigenvalue weighted by Crippen LogP contribution is 2.22. The second-order valence-electron chi connectivity index (χ2n) is 4.09. The number of methoxy groups -OCH3 is 1. The molecule has 0 spiro atoms. The predicted molar refractivity (Wildman–Crippen MR) is 73.4 cm³/mol. The standard InChI is InChI=1S/C16H14O4/c1-19-16(18)20-15(13-10-6-3-7-11-13)14(17)12-8-4-2-5-9-12/h2-11,15H,1H3. The van der Waals surface area contributed by atoms with Gasteiger partial charge in [0.15, 0.2) is 6.10 Å². The van der Waals surface area contributed by atoms with Gasteiger partial charge in [0.1, 0.15) is 0 Å². The summed E-state index contributed by atoms with van der Waals surface area (Å²) in [7, 11) is 1.21. The number of ketones is 1. The van der Waals surface area contributed by atoms with Gasteiger partial charge < -0.3 is 9.47 Å². The molecule has 0 aliphatic heterocycles. The highest BCUT2D eigenvalue weighted by atomic mass is 16.7. The average Bonchev–Trinajstić information content (AvgIpc) is 2.53. The van der Waals surface area contributed by atoms with Crippen LogP contribution in [0.15, 0.2) is 60.7 Å². The van der Waals surface area contributed by atoms with E-state index in [0.717, 1.165) is 0 Å². The van der Waals surface area contributed by atoms with Gasteiger partial charge in [0.05, 0.1) is 7.11 Å². The molecule has 0 saturated carbocycles. The molecule has 1 atom stereocenters. The highest BCUT2D eigenvalue weighted by Gasteiger charge is 2.26. The third-order valence-corrected chi connectivity index (χ3v) is 2.78. The Balaban J connectivity index is 2.32. The second kappa shape index (κ2) is 6.52. The van der Waals surface area contributed by atoms with Crippen LogP contribution in [-0.2, 0) is 9.47 Å². The molecule has 0 aromatic heterocycles. The molecule has 2 rings (SSSR count). The molecule has 0 fully saturated rings. The molecule has 0 heterocycles. The van der Waals surface area contributed by atoms with Crippen LogP contribution in [0.25, 0.3) is 0 Å². The number of benzene rings is 2. The molecule has 2 aromatic rings. The van der Waals surface area contributed by atoms with E-state index in [0.29, 0.717) is 11.1 Å². The monoisotopic (exact) mass is 270 g/mol. The summed E-state index contributed by atoms with van der Waals surface area (Å²) in [6.45, 7) is 0. The van der Waals surface area contributed by atoms with Crippen LogP contribution in [-0.4, -0.2) is 19.0 Å². The Kier molecular flexibility index (Phi) is 4.50. The smallest absolute Gasteiger partial charge is 0.438 e. The van der Waals surface area contributed by atoms with E-state index in [9.17, 15) is 9.59 Å². The molecule has 102 valence electrons. The SMILES string of the molecule is COC(=O)OC(C(=O)c1ccccc1)c1ccccc1. The van der Waals surface area contributed by atoms with E-state index in [1.54, 1.807) is 48.5 Å². The van der Waals surface area contributed by atoms with Crippen molar-refractivity contribution in [1.29, 1.82) is 0 Å². The number of hydrogen-bond acceptors (Lipinski definition) is 4. The number of carbonyl (C=O) groups excluding carboxylic acids is 2. The molecule has 4 heteroatoms. The Labute approximate surface area is 116 Å². The topological polar surface area (TPSA) is 52.6 Å². The van der Waals surface area contributed by atoms with Gasteiger partial charge in [0.25, 0.3) is 0 Å². The predicted octanol–water partition coefficient (Wildman–Crippen LogP) is 3.39. The van der Waals surface area contributed by atoms with E-state index in [1.807, 2.05) is 12.1 Å². The van der Waals surface area contributed by atoms with E-state index < -0.39 is 12.3 Å². The zero-order valence-corrected chi connectivity index (χ0v) is 11.0. The van der Waals surface area contributed by atoms with E-state index in [4.69, 9.17) is 4.74 Å². The maximum atomic E-state index is 12.5. The molecule has 0 aliphatic rings. The first kappa shape index (κ1) is 13.8. The Morgan fingerprint density at radius 2 is 1.45 bits per heavy atom. The summed E-state index contributed by atoms with van der Waals surface area (Å²) in [5.41, 5.74) is 1.08. The number of carbonyl (C=O) groups is 2. The summed E-state index contributed by atoms with van der Waals surface area (Å²) < 4.78 is 9.57. The fourth-order valence-electron chi connectivity index (χ4n) is 1.80. The minimum atomic E-state index is -1.01. The number of Topliss-reactive ketones (excluding diaryl/α,β-unsaturated/α-hetero) is 1. The number of hydrogen-bond donors (Lipinski definition) is 0. The van der Waals surface area contributed by atoms with Gasteiger partial charge in [-0.2, -0.15) is 0 Å². The van der Waals surface area contributed by atoms with Gasteiger partial charge in [-0.3, -0.25) is 4.79 Å². The lowest BCUT2D eigenvalue weighted by Crippen LogP contribution is -2.20. The maximum Gasteiger partial charge on any atom is 0.509 e. The lowest BCUT2D eigenvalue weighted by molar-refractivity contribution is 0.0323. The lowest BCUT2D eigenvalue weighted by atomic mass is 10.00. The van der Waals surface area contributed by atoms with Crippen molar-refractivity contribution in [2.45, 2.75) is 6.10 Å². The molecule has 0 radical (unpaired) electrons. The first-order valence-electron chi connectivity index (χ1n) is 6.11. The molecule has 2 aromatic carbocycles. The van der Waals surface area contributed by atoms with E-state index in [-0.39, 0.29) is 5.78 Å². The van der Waals surface area contributed by atoms with Crippen LogP contribution < -0.4 is 0 Å². The molecular weight excluding hydrogens is 256 g/mol. The van der Waals surface area contributed by atoms with E-state index >= 15 is 0 Å². The molecule has 0 bridgehead atoms. The molecule has 0 amide bonds. The summed E-state index contributed by atoms with van der Waals surface area (Å²) in [6, 6.07) is 17.5. The zero-order valence-electron chi connectivity index (χ0n) is 11.0. The van der Waals surface area contributed by atoms with E-state index in [2.05, 4.69) is 4.74 Å². The first-order valence-corrected chi connectivity index (χ1v) is 6.11. The third-order valence-electron chi connectivity index (χ3n) is 2.78. The molecule has 0 aliphatic carbocycles. The molecule has 4 nitrogen and oxygen atoms in total. The summed E-state index contributed by atoms with van der Waals surface area (Å²) >= 11 is 0. The largest absolute Gasteiger partial charge is 0.509 e. The van der Waals surface area contributed by atoms with Crippen LogP contribution in [0.3, 0.4) is 0 Å². The van der Waals surface area contributed by atoms with E-state index in [1.165, 1.54) is 7.11 Å². The summed E-state index contributed by atoms with van der Waals surface area (Å²) in [6.07, 6.45) is -1.89. The van der Waals surface area contributed by atoms with Crippen LogP contribution in [0.5, 0.6) is 0 Å². The van der Waals surface area contributed by atoms with Gasteiger partial charge in [0, 0.05) is 11.1 Å². The van der Waals surface area contributed by atoms with Gasteiger partial charge in [-0.05, 0) is 0 Å². The quantitative estimate of drug-likeness (QED) is 0.631. The van der Waals surface area contributed by atoms with Gasteiger partial charge in [-0.25, -0.2) is 4.79 Å². The van der Waals surface area contributed by atoms with Crippen LogP contribution in [0.2, 0.25) is 0 Å². The fourth-order valence-corrected chi connectivity index (χ4v) is 1.80. The first-order chi connectivity index (χ1) is 9.72. The Morgan fingerprint density at radius 3 is 2.00 bits per heavy atom. The normalized spacial score (nSPS) is 11.4. The fraction of sp³-hybridized carbons (Fsp3) is 0.125. The van der Waals surface area contributed by atoms with Crippen molar-refractivity contribution in [3.05, 3.63) is 71.8 Å². The molecule has 0 N–H and O–H groups in total. The van der Waals surface area contributed by atoms with Gasteiger partial charge >= 0.3 is 6.16 Å². The van der Waals surface area contributed by atoms with Crippen LogP contribution in [0.1, 0.15) is 22.0 Å². The van der Waals surface area contributed by atoms with Crippen molar-refractivity contribution in [2.24, 2.45) is 0 Å². The minimum absolute atomic E-state index is 0.290. The Morgan fingerprint density at radius 1 is 0.900 bits per heavy atom. The highest BCUT2D eigenvalue weighted by molar-refractivity contribution is 6.00. The molecular formula is C16H14O4. The third kappa shape index (κ3) is 3.23. The summed E-state index contributed by atoms with van der Waals surface area (Å²) in [4.78, 5) is 23.8. The van der Waals surface area contributed by atoms with Gasteiger partial charge in [-0.15, -0.1) is 0 Å². The second-order valence-corrected chi connectivity index (χ2v) is 4.09. The Bertz CT molecular complexity index is 578. The lowest BCUT2D eigenvalue weighted by Gasteiger charge is -2.16. The van der Waals surface area contributed by atoms with Crippen LogP contribution in [0, 0.1) is 0 Å². The maximum absolute atomic E-state index is 12.5. The molecule has 20 heavy (non-hydrogen) atoms. The van der Waals surface area contributed by atoms with Crippen molar-refractivity contribution in [3.63, 3.8) is 0 Å². The van der Waals surface area contributed by atoms with Crippen LogP contribution >= 0.6 is 0 Å². The van der Waals surface area contributed by atoms with Crippen molar-refractivity contribution < 1.29 is 19.1 Å². The minimum Gasteiger partial charge on any atom is -0.438 e. The average molecular weight is 270 g/mol. The summed E-state index contributed by atoms with van der Waals surface area (Å²) in [5.74, 6) is -0.290. The van der Waals surface area contributed by atoms with Gasteiger partial charge in [0.2, 0.25) is 5.78 Å². The van der Waals surface area contributed by atoms with Crippen molar-refractivity contribution in [1.82, 2.24) is 0 Å². The van der Waals surface area contributed by atoms with Crippen LogP contribution in [0.4, 0.5) is 4.79 Å². The summed E-state index contributed by atoms with van der Waals surface area (Å²) in [5, 5.41) is 0. The molecule has 1 unspecified atom stereocenters.